The molecule has 1 fully saturated rings. The average Bonchev–Trinajstić information content (AvgIpc) is 3.48. The van der Waals surface area contributed by atoms with E-state index >= 15 is 17.6 Å². The smallest absolute Gasteiger partial charge is 0.410 e. The van der Waals surface area contributed by atoms with Crippen LogP contribution in [-0.4, -0.2) is 74.1 Å². The number of alkyl halides is 2. The highest BCUT2D eigenvalue weighted by Gasteiger charge is 2.53. The van der Waals surface area contributed by atoms with Crippen molar-refractivity contribution in [3.8, 4) is 0 Å². The number of hydrogen-bond donors (Lipinski definition) is 1. The molecule has 1 saturated heterocycles. The number of anilines is 1. The van der Waals surface area contributed by atoms with Gasteiger partial charge >= 0.3 is 6.09 Å². The van der Waals surface area contributed by atoms with E-state index in [9.17, 15) is 4.79 Å². The molecule has 0 aliphatic carbocycles. The third kappa shape index (κ3) is 8.24. The van der Waals surface area contributed by atoms with Crippen LogP contribution in [0, 0.1) is 11.6 Å². The zero-order chi connectivity index (χ0) is 40.9. The lowest BCUT2D eigenvalue weighted by Gasteiger charge is -2.45. The number of thiophene rings is 1. The second kappa shape index (κ2) is 15.5. The van der Waals surface area contributed by atoms with Gasteiger partial charge in [0.25, 0.3) is 14.2 Å². The highest BCUT2D eigenvalue weighted by atomic mass is 32.1. The molecule has 7 rings (SSSR count). The summed E-state index contributed by atoms with van der Waals surface area (Å²) in [6.45, 7) is 12.3. The van der Waals surface area contributed by atoms with E-state index in [-0.39, 0.29) is 17.3 Å². The van der Waals surface area contributed by atoms with Crippen molar-refractivity contribution < 1.29 is 31.5 Å². The highest BCUT2D eigenvalue weighted by molar-refractivity contribution is 7.19. The lowest BCUT2D eigenvalue weighted by Crippen LogP contribution is -2.67. The number of carbonyl (C=O) groups is 1. The first-order valence-corrected chi connectivity index (χ1v) is 22.2. The van der Waals surface area contributed by atoms with Crippen LogP contribution in [0.15, 0.2) is 97.1 Å². The molecule has 0 bridgehead atoms. The monoisotopic (exact) mass is 817 g/mol. The Balaban J connectivity index is 1.20. The minimum absolute atomic E-state index is 0.207. The molecule has 2 atom stereocenters. The molecule has 1 N–H and O–H groups in total. The molecule has 0 radical (unpaired) electrons. The summed E-state index contributed by atoms with van der Waals surface area (Å²) in [5, 5.41) is 5.35. The summed E-state index contributed by atoms with van der Waals surface area (Å²) in [4.78, 5) is 16.2. The molecule has 0 saturated carbocycles. The molecule has 5 aromatic rings. The maximum Gasteiger partial charge on any atom is 0.410 e. The Labute approximate surface area is 337 Å². The largest absolute Gasteiger partial charge is 0.444 e. The van der Waals surface area contributed by atoms with E-state index in [4.69, 9.17) is 9.16 Å². The summed E-state index contributed by atoms with van der Waals surface area (Å²) in [6.07, 6.45) is -0.00658. The third-order valence-corrected chi connectivity index (χ3v) is 17.2. The molecule has 302 valence electrons. The Morgan fingerprint density at radius 2 is 1.42 bits per heavy atom. The van der Waals surface area contributed by atoms with Crippen LogP contribution in [0.4, 0.5) is 28.0 Å². The van der Waals surface area contributed by atoms with Gasteiger partial charge in [-0.25, -0.2) is 22.4 Å². The molecule has 0 spiro atoms. The van der Waals surface area contributed by atoms with Crippen molar-refractivity contribution >= 4 is 51.9 Å². The second-order valence-electron chi connectivity index (χ2n) is 17.5. The van der Waals surface area contributed by atoms with Crippen LogP contribution in [0.3, 0.4) is 0 Å². The molecule has 12 heteroatoms. The molecular weight excluding hydrogens is 767 g/mol. The number of likely N-dealkylation sites (tertiary alicyclic amines) is 1. The van der Waals surface area contributed by atoms with E-state index in [1.54, 1.807) is 25.7 Å². The summed E-state index contributed by atoms with van der Waals surface area (Å²) in [5.41, 5.74) is 0.219. The molecule has 6 nitrogen and oxygen atoms in total. The fourth-order valence-electron chi connectivity index (χ4n) is 8.41. The molecule has 4 aromatic carbocycles. The van der Waals surface area contributed by atoms with Crippen LogP contribution in [0.25, 0.3) is 10.1 Å². The number of rotatable bonds is 10. The van der Waals surface area contributed by atoms with Crippen molar-refractivity contribution in [1.29, 1.82) is 0 Å². The number of nitrogens with one attached hydrogen (secondary N) is 1. The number of nitrogens with zero attached hydrogens (tertiary/aromatic N) is 2. The van der Waals surface area contributed by atoms with Crippen LogP contribution < -0.4 is 15.7 Å². The first-order chi connectivity index (χ1) is 26.9. The lowest BCUT2D eigenvalue weighted by molar-refractivity contribution is -0.0819. The lowest BCUT2D eigenvalue weighted by atomic mass is 9.88. The van der Waals surface area contributed by atoms with Crippen molar-refractivity contribution in [2.45, 2.75) is 89.6 Å². The van der Waals surface area contributed by atoms with Gasteiger partial charge in [-0.3, -0.25) is 4.90 Å². The number of amides is 1. The minimum Gasteiger partial charge on any atom is -0.444 e. The minimum atomic E-state index is -3.40. The van der Waals surface area contributed by atoms with E-state index in [2.05, 4.69) is 5.32 Å². The predicted octanol–water partition coefficient (Wildman–Crippen LogP) is 9.76. The van der Waals surface area contributed by atoms with Gasteiger partial charge in [0.2, 0.25) is 0 Å². The number of fused-ring (bicyclic) bond motifs is 3. The van der Waals surface area contributed by atoms with Crippen molar-refractivity contribution in [2.24, 2.45) is 0 Å². The van der Waals surface area contributed by atoms with Crippen LogP contribution in [0.5, 0.6) is 0 Å². The molecular formula is C45H51F4N3O3SSi. The maximum absolute atomic E-state index is 16.9. The number of halogens is 4. The number of hydrogen-bond acceptors (Lipinski definition) is 6. The van der Waals surface area contributed by atoms with Crippen molar-refractivity contribution in [2.75, 3.05) is 31.6 Å². The van der Waals surface area contributed by atoms with Gasteiger partial charge in [0.1, 0.15) is 17.2 Å². The summed E-state index contributed by atoms with van der Waals surface area (Å²) < 4.78 is 79.9. The fourth-order valence-corrected chi connectivity index (χ4v) is 14.4. The molecule has 2 aliphatic rings. The van der Waals surface area contributed by atoms with E-state index in [1.807, 2.05) is 113 Å². The fraction of sp³-hybridized carbons (Fsp3) is 0.400. The molecule has 0 unspecified atom stereocenters. The Morgan fingerprint density at radius 3 is 1.98 bits per heavy atom. The first kappa shape index (κ1) is 40.9. The normalized spacial score (nSPS) is 18.3. The topological polar surface area (TPSA) is 54.0 Å². The Bertz CT molecular complexity index is 2160. The van der Waals surface area contributed by atoms with E-state index in [0.717, 1.165) is 26.0 Å². The summed E-state index contributed by atoms with van der Waals surface area (Å²) in [6, 6.07) is 27.6. The average molecular weight is 818 g/mol. The zero-order valence-electron chi connectivity index (χ0n) is 33.5. The van der Waals surface area contributed by atoms with Gasteiger partial charge in [0.05, 0.1) is 25.2 Å². The second-order valence-corrected chi connectivity index (χ2v) is 22.8. The van der Waals surface area contributed by atoms with E-state index in [1.165, 1.54) is 28.4 Å². The number of ether oxygens (including phenoxy) is 1. The molecule has 1 aromatic heterocycles. The standard InChI is InChI=1S/C45H51F4N3O3SSi/c1-29-22-35-34-20-14-15-21-38(34)56-41(35)40(39-36(46)23-30(24-37(39)47)50-31-25-51(26-31)42(53)55-43(2,3)4)52(29)27-45(48,49)28-54-57(44(5,6)7,32-16-10-8-11-17-32)33-18-12-9-13-19-33/h8-21,23-24,29,31,40,50H,22,25-28H2,1-7H3/t29-,40-/m1/s1. The van der Waals surface area contributed by atoms with Gasteiger partial charge in [-0.1, -0.05) is 99.6 Å². The van der Waals surface area contributed by atoms with Crippen molar-refractivity contribution in [1.82, 2.24) is 9.80 Å². The van der Waals surface area contributed by atoms with E-state index < -0.39 is 67.8 Å². The predicted molar refractivity (Wildman–Crippen MR) is 224 cm³/mol. The molecule has 57 heavy (non-hydrogen) atoms. The zero-order valence-corrected chi connectivity index (χ0v) is 35.4. The summed E-state index contributed by atoms with van der Waals surface area (Å²) in [7, 11) is -3.31. The molecule has 3 heterocycles. The Morgan fingerprint density at radius 1 is 0.860 bits per heavy atom. The van der Waals surface area contributed by atoms with Gasteiger partial charge in [-0.05, 0) is 78.7 Å². The maximum atomic E-state index is 16.9. The van der Waals surface area contributed by atoms with Crippen molar-refractivity contribution in [3.63, 3.8) is 0 Å². The highest BCUT2D eigenvalue weighted by Crippen LogP contribution is 2.48. The molecule has 1 amide bonds. The van der Waals surface area contributed by atoms with Crippen LogP contribution in [-0.2, 0) is 15.6 Å². The van der Waals surface area contributed by atoms with Crippen LogP contribution in [0.1, 0.15) is 70.5 Å². The Kier molecular flexibility index (Phi) is 11.1. The molecule has 2 aliphatic heterocycles. The van der Waals surface area contributed by atoms with Gasteiger partial charge in [-0.15, -0.1) is 11.3 Å². The first-order valence-electron chi connectivity index (χ1n) is 19.5. The van der Waals surface area contributed by atoms with Crippen LogP contribution in [0.2, 0.25) is 5.04 Å². The quantitative estimate of drug-likeness (QED) is 0.112. The van der Waals surface area contributed by atoms with Gasteiger partial charge in [0.15, 0.2) is 0 Å². The van der Waals surface area contributed by atoms with Crippen molar-refractivity contribution in [3.05, 3.63) is 125 Å². The van der Waals surface area contributed by atoms with Gasteiger partial charge in [-0.2, -0.15) is 0 Å². The van der Waals surface area contributed by atoms with Gasteiger partial charge in [0, 0.05) is 40.0 Å². The third-order valence-electron chi connectivity index (χ3n) is 11.0. The summed E-state index contributed by atoms with van der Waals surface area (Å²) in [5.74, 6) is -5.06. The Hall–Kier alpha value is -4.23. The summed E-state index contributed by atoms with van der Waals surface area (Å²) >= 11 is 1.39. The van der Waals surface area contributed by atoms with E-state index in [0.29, 0.717) is 24.4 Å². The SMILES string of the molecule is C[C@@H]1Cc2c(sc3ccccc23)[C@@H](c2c(F)cc(NC3CN(C(=O)OC(C)(C)C)C3)cc2F)N1CC(F)(F)CO[Si](c1ccccc1)(c1ccccc1)C(C)(C)C. The van der Waals surface area contributed by atoms with Crippen LogP contribution >= 0.6 is 11.3 Å². The van der Waals surface area contributed by atoms with Gasteiger partial charge < -0.3 is 19.4 Å². The number of benzene rings is 4. The number of carbonyl (C=O) groups excluding carboxylic acids is 1.